The number of hydrogen-bond donors (Lipinski definition) is 1. The van der Waals surface area contributed by atoms with Gasteiger partial charge in [0.2, 0.25) is 0 Å². The Kier molecular flexibility index (Phi) is 5.22. The van der Waals surface area contributed by atoms with Crippen LogP contribution in [0.25, 0.3) is 0 Å². The van der Waals surface area contributed by atoms with Crippen LogP contribution in [0.1, 0.15) is 43.3 Å². The van der Waals surface area contributed by atoms with Crippen molar-refractivity contribution in [3.63, 3.8) is 0 Å². The first kappa shape index (κ1) is 13.8. The molecule has 4 nitrogen and oxygen atoms in total. The Morgan fingerprint density at radius 3 is 2.76 bits per heavy atom. The molecule has 0 radical (unpaired) electrons. The lowest BCUT2D eigenvalue weighted by molar-refractivity contribution is 0.0691. The van der Waals surface area contributed by atoms with Gasteiger partial charge in [-0.1, -0.05) is 6.92 Å². The Bertz CT molecular complexity index is 357. The zero-order chi connectivity index (χ0) is 12.8. The van der Waals surface area contributed by atoms with Crippen LogP contribution in [0.5, 0.6) is 0 Å². The third-order valence-corrected chi connectivity index (χ3v) is 2.74. The summed E-state index contributed by atoms with van der Waals surface area (Å²) < 4.78 is 5.27. The number of rotatable bonds is 6. The molecule has 0 saturated heterocycles. The molecule has 1 amide bonds. The fraction of sp³-hybridized carbons (Fsp3) is 0.615. The molecule has 1 N–H and O–H groups in total. The number of amides is 1. The van der Waals surface area contributed by atoms with E-state index in [-0.39, 0.29) is 18.6 Å². The third-order valence-electron chi connectivity index (χ3n) is 2.74. The van der Waals surface area contributed by atoms with Crippen molar-refractivity contribution in [1.29, 1.82) is 0 Å². The monoisotopic (exact) mass is 239 g/mol. The first-order valence-corrected chi connectivity index (χ1v) is 6.10. The van der Waals surface area contributed by atoms with Crippen molar-refractivity contribution in [2.45, 2.75) is 39.7 Å². The molecule has 0 aliphatic rings. The van der Waals surface area contributed by atoms with E-state index in [0.29, 0.717) is 24.9 Å². The van der Waals surface area contributed by atoms with Gasteiger partial charge >= 0.3 is 0 Å². The highest BCUT2D eigenvalue weighted by Crippen LogP contribution is 2.16. The molecular weight excluding hydrogens is 218 g/mol. The predicted molar refractivity (Wildman–Crippen MR) is 66.0 cm³/mol. The van der Waals surface area contributed by atoms with Crippen LogP contribution in [0.2, 0.25) is 0 Å². The lowest BCUT2D eigenvalue weighted by Crippen LogP contribution is -2.38. The van der Waals surface area contributed by atoms with Gasteiger partial charge in [0.15, 0.2) is 0 Å². The molecule has 0 aliphatic carbocycles. The average molecular weight is 239 g/mol. The van der Waals surface area contributed by atoms with Crippen molar-refractivity contribution in [2.75, 3.05) is 13.2 Å². The summed E-state index contributed by atoms with van der Waals surface area (Å²) in [4.78, 5) is 14.1. The van der Waals surface area contributed by atoms with Crippen LogP contribution in [-0.2, 0) is 6.42 Å². The number of aliphatic hydroxyl groups is 1. The quantitative estimate of drug-likeness (QED) is 0.826. The second kappa shape index (κ2) is 6.45. The Morgan fingerprint density at radius 1 is 1.53 bits per heavy atom. The molecule has 0 unspecified atom stereocenters. The molecule has 0 aliphatic heterocycles. The molecule has 0 bridgehead atoms. The average Bonchev–Trinajstić information content (AvgIpc) is 2.76. The number of carbonyl (C=O) groups is 1. The van der Waals surface area contributed by atoms with E-state index in [4.69, 9.17) is 9.52 Å². The fourth-order valence-corrected chi connectivity index (χ4v) is 1.79. The minimum absolute atomic E-state index is 0.0148. The molecule has 1 heterocycles. The number of hydrogen-bond acceptors (Lipinski definition) is 3. The number of aryl methyl sites for hydroxylation is 1. The molecule has 0 saturated carbocycles. The maximum absolute atomic E-state index is 12.3. The molecule has 0 aromatic carbocycles. The van der Waals surface area contributed by atoms with E-state index in [1.165, 1.54) is 0 Å². The van der Waals surface area contributed by atoms with Crippen LogP contribution in [0.15, 0.2) is 16.7 Å². The van der Waals surface area contributed by atoms with Crippen molar-refractivity contribution in [1.82, 2.24) is 4.90 Å². The molecule has 17 heavy (non-hydrogen) atoms. The number of carbonyl (C=O) groups excluding carboxylic acids is 1. The first-order chi connectivity index (χ1) is 8.11. The van der Waals surface area contributed by atoms with Gasteiger partial charge in [-0.15, -0.1) is 0 Å². The highest BCUT2D eigenvalue weighted by atomic mass is 16.3. The van der Waals surface area contributed by atoms with Crippen molar-refractivity contribution in [3.8, 4) is 0 Å². The summed E-state index contributed by atoms with van der Waals surface area (Å²) >= 11 is 0. The topological polar surface area (TPSA) is 53.7 Å². The fourth-order valence-electron chi connectivity index (χ4n) is 1.79. The normalized spacial score (nSPS) is 10.9. The van der Waals surface area contributed by atoms with Crippen LogP contribution < -0.4 is 0 Å². The summed E-state index contributed by atoms with van der Waals surface area (Å²) in [7, 11) is 0. The van der Waals surface area contributed by atoms with Gasteiger partial charge in [-0.25, -0.2) is 0 Å². The smallest absolute Gasteiger partial charge is 0.257 e. The lowest BCUT2D eigenvalue weighted by atomic mass is 10.1. The highest BCUT2D eigenvalue weighted by Gasteiger charge is 2.21. The number of furan rings is 1. The lowest BCUT2D eigenvalue weighted by Gasteiger charge is -2.26. The molecular formula is C13H21NO3. The molecule has 0 fully saturated rings. The second-order valence-electron chi connectivity index (χ2n) is 4.28. The first-order valence-electron chi connectivity index (χ1n) is 6.10. The summed E-state index contributed by atoms with van der Waals surface area (Å²) in [6.07, 6.45) is 2.86. The van der Waals surface area contributed by atoms with Gasteiger partial charge in [0.05, 0.1) is 11.8 Å². The van der Waals surface area contributed by atoms with Crippen molar-refractivity contribution < 1.29 is 14.3 Å². The maximum Gasteiger partial charge on any atom is 0.257 e. The van der Waals surface area contributed by atoms with Gasteiger partial charge in [0.25, 0.3) is 5.91 Å². The van der Waals surface area contributed by atoms with E-state index < -0.39 is 0 Å². The molecule has 1 rings (SSSR count). The van der Waals surface area contributed by atoms with Gasteiger partial charge in [-0.2, -0.15) is 0 Å². The summed E-state index contributed by atoms with van der Waals surface area (Å²) in [6.45, 7) is 6.58. The second-order valence-corrected chi connectivity index (χ2v) is 4.28. The Labute approximate surface area is 102 Å². The van der Waals surface area contributed by atoms with E-state index in [9.17, 15) is 4.79 Å². The molecule has 4 heteroatoms. The minimum Gasteiger partial charge on any atom is -0.469 e. The summed E-state index contributed by atoms with van der Waals surface area (Å²) in [5, 5.41) is 8.85. The SMILES string of the molecule is CCc1occc1C(=O)N(CCCO)C(C)C. The molecule has 96 valence electrons. The Balaban J connectivity index is 2.84. The van der Waals surface area contributed by atoms with Gasteiger partial charge in [-0.3, -0.25) is 4.79 Å². The van der Waals surface area contributed by atoms with Crippen LogP contribution in [0.3, 0.4) is 0 Å². The predicted octanol–water partition coefficient (Wildman–Crippen LogP) is 2.08. The van der Waals surface area contributed by atoms with E-state index in [0.717, 1.165) is 5.76 Å². The van der Waals surface area contributed by atoms with Gasteiger partial charge in [0.1, 0.15) is 5.76 Å². The Morgan fingerprint density at radius 2 is 2.24 bits per heavy atom. The number of aliphatic hydroxyl groups excluding tert-OH is 1. The minimum atomic E-state index is -0.0148. The van der Waals surface area contributed by atoms with Crippen LogP contribution >= 0.6 is 0 Å². The molecule has 0 atom stereocenters. The molecule has 0 spiro atoms. The highest BCUT2D eigenvalue weighted by molar-refractivity contribution is 5.95. The Hall–Kier alpha value is -1.29. The van der Waals surface area contributed by atoms with Gasteiger partial charge in [-0.05, 0) is 26.3 Å². The maximum atomic E-state index is 12.3. The van der Waals surface area contributed by atoms with Gasteiger partial charge in [0, 0.05) is 25.6 Å². The van der Waals surface area contributed by atoms with E-state index >= 15 is 0 Å². The van der Waals surface area contributed by atoms with Crippen LogP contribution in [0.4, 0.5) is 0 Å². The van der Waals surface area contributed by atoms with Crippen molar-refractivity contribution in [3.05, 3.63) is 23.7 Å². The molecule has 1 aromatic rings. The summed E-state index contributed by atoms with van der Waals surface area (Å²) in [5.41, 5.74) is 0.638. The number of nitrogens with zero attached hydrogens (tertiary/aromatic N) is 1. The van der Waals surface area contributed by atoms with Gasteiger partial charge < -0.3 is 14.4 Å². The van der Waals surface area contributed by atoms with E-state index in [1.807, 2.05) is 20.8 Å². The van der Waals surface area contributed by atoms with E-state index in [1.54, 1.807) is 17.2 Å². The van der Waals surface area contributed by atoms with Crippen molar-refractivity contribution >= 4 is 5.91 Å². The van der Waals surface area contributed by atoms with Crippen LogP contribution in [-0.4, -0.2) is 35.1 Å². The van der Waals surface area contributed by atoms with Crippen LogP contribution in [0, 0.1) is 0 Å². The zero-order valence-corrected chi connectivity index (χ0v) is 10.8. The summed E-state index contributed by atoms with van der Waals surface area (Å²) in [6, 6.07) is 1.84. The van der Waals surface area contributed by atoms with Crippen molar-refractivity contribution in [2.24, 2.45) is 0 Å². The standard InChI is InChI=1S/C13H21NO3/c1-4-12-11(6-9-17-12)13(16)14(10(2)3)7-5-8-15/h6,9-10,15H,4-5,7-8H2,1-3H3. The third kappa shape index (κ3) is 3.33. The largest absolute Gasteiger partial charge is 0.469 e. The molecule has 1 aromatic heterocycles. The zero-order valence-electron chi connectivity index (χ0n) is 10.8. The van der Waals surface area contributed by atoms with E-state index in [2.05, 4.69) is 0 Å². The summed E-state index contributed by atoms with van der Waals surface area (Å²) in [5.74, 6) is 0.712.